The summed E-state index contributed by atoms with van der Waals surface area (Å²) in [6.07, 6.45) is 3.76. The molecule has 1 amide bonds. The molecule has 3 heterocycles. The number of amides is 1. The second-order valence-corrected chi connectivity index (χ2v) is 9.12. The Morgan fingerprint density at radius 2 is 1.79 bits per heavy atom. The zero-order valence-corrected chi connectivity index (χ0v) is 19.4. The molecule has 2 aromatic rings. The van der Waals surface area contributed by atoms with E-state index in [-0.39, 0.29) is 23.6 Å². The maximum absolute atomic E-state index is 13.3. The van der Waals surface area contributed by atoms with Crippen LogP contribution in [0.3, 0.4) is 0 Å². The first-order valence-corrected chi connectivity index (χ1v) is 11.5. The van der Waals surface area contributed by atoms with E-state index in [0.29, 0.717) is 12.0 Å². The minimum Gasteiger partial charge on any atom is -0.466 e. The summed E-state index contributed by atoms with van der Waals surface area (Å²) in [5, 5.41) is 6.63. The lowest BCUT2D eigenvalue weighted by Crippen LogP contribution is -2.58. The summed E-state index contributed by atoms with van der Waals surface area (Å²) in [6, 6.07) is 19.5. The molecule has 1 saturated heterocycles. The molecular formula is C27H29N3O4. The summed E-state index contributed by atoms with van der Waals surface area (Å²) in [5.74, 6) is -0.816. The van der Waals surface area contributed by atoms with Gasteiger partial charge in [0, 0.05) is 18.8 Å². The van der Waals surface area contributed by atoms with Gasteiger partial charge < -0.3 is 25.0 Å². The van der Waals surface area contributed by atoms with Crippen molar-refractivity contribution in [1.82, 2.24) is 10.2 Å². The van der Waals surface area contributed by atoms with Gasteiger partial charge in [-0.15, -0.1) is 0 Å². The number of likely N-dealkylation sites (tertiary alicyclic amines) is 1. The summed E-state index contributed by atoms with van der Waals surface area (Å²) in [6.45, 7) is 1.57. The van der Waals surface area contributed by atoms with Gasteiger partial charge >= 0.3 is 5.97 Å². The first-order chi connectivity index (χ1) is 16.5. The highest BCUT2D eigenvalue weighted by atomic mass is 16.5. The monoisotopic (exact) mass is 459 g/mol. The van der Waals surface area contributed by atoms with Crippen LogP contribution in [0.25, 0.3) is 0 Å². The van der Waals surface area contributed by atoms with Crippen molar-refractivity contribution in [2.24, 2.45) is 0 Å². The van der Waals surface area contributed by atoms with Crippen molar-refractivity contribution < 1.29 is 19.1 Å². The van der Waals surface area contributed by atoms with Crippen molar-refractivity contribution in [3.8, 4) is 0 Å². The number of hydrogen-bond donors (Lipinski definition) is 2. The van der Waals surface area contributed by atoms with E-state index in [2.05, 4.69) is 15.5 Å². The molecule has 2 bridgehead atoms. The minimum atomic E-state index is -1.13. The Morgan fingerprint density at radius 1 is 1.12 bits per heavy atom. The third-order valence-electron chi connectivity index (χ3n) is 6.73. The number of nitrogens with zero attached hydrogens (tertiary/aromatic N) is 1. The summed E-state index contributed by atoms with van der Waals surface area (Å²) in [5.41, 5.74) is 1.48. The number of ether oxygens (including phenoxy) is 2. The number of anilines is 1. The van der Waals surface area contributed by atoms with E-state index in [1.54, 1.807) is 0 Å². The number of rotatable bonds is 8. The molecule has 2 N–H and O–H groups in total. The van der Waals surface area contributed by atoms with Crippen LogP contribution in [0.15, 0.2) is 84.0 Å². The molecule has 0 radical (unpaired) electrons. The summed E-state index contributed by atoms with van der Waals surface area (Å²) < 4.78 is 11.6. The minimum absolute atomic E-state index is 0.0607. The highest BCUT2D eigenvalue weighted by Crippen LogP contribution is 2.47. The van der Waals surface area contributed by atoms with Gasteiger partial charge in [0.1, 0.15) is 11.7 Å². The molecule has 0 saturated carbocycles. The predicted octanol–water partition coefficient (Wildman–Crippen LogP) is 2.32. The fourth-order valence-electron chi connectivity index (χ4n) is 5.10. The van der Waals surface area contributed by atoms with E-state index in [0.717, 1.165) is 24.3 Å². The Labute approximate surface area is 199 Å². The molecule has 0 aromatic heterocycles. The second kappa shape index (κ2) is 9.08. The molecule has 3 aliphatic heterocycles. The van der Waals surface area contributed by atoms with Crippen molar-refractivity contribution in [2.75, 3.05) is 32.6 Å². The van der Waals surface area contributed by atoms with Crippen LogP contribution in [0.5, 0.6) is 0 Å². The molecular weight excluding hydrogens is 430 g/mol. The van der Waals surface area contributed by atoms with Crippen LogP contribution in [0.4, 0.5) is 5.69 Å². The number of likely N-dealkylation sites (N-methyl/N-ethyl adjacent to an activating group) is 1. The Kier molecular flexibility index (Phi) is 5.98. The Balaban J connectivity index is 1.54. The number of esters is 1. The molecule has 1 fully saturated rings. The highest BCUT2D eigenvalue weighted by Gasteiger charge is 2.58. The molecule has 3 unspecified atom stereocenters. The summed E-state index contributed by atoms with van der Waals surface area (Å²) in [4.78, 5) is 28.6. The number of para-hydroxylation sites is 1. The van der Waals surface area contributed by atoms with Crippen molar-refractivity contribution in [2.45, 2.75) is 30.2 Å². The Hall–Kier alpha value is -3.42. The van der Waals surface area contributed by atoms with Gasteiger partial charge in [0.05, 0.1) is 30.3 Å². The average molecular weight is 460 g/mol. The normalized spacial score (nSPS) is 24.6. The number of benzene rings is 2. The van der Waals surface area contributed by atoms with Crippen molar-refractivity contribution in [3.05, 3.63) is 89.5 Å². The van der Waals surface area contributed by atoms with Gasteiger partial charge in [0.2, 0.25) is 0 Å². The van der Waals surface area contributed by atoms with Gasteiger partial charge in [-0.2, -0.15) is 0 Å². The van der Waals surface area contributed by atoms with E-state index in [4.69, 9.17) is 9.47 Å². The fraction of sp³-hybridized carbons (Fsp3) is 0.333. The molecule has 7 heteroatoms. The standard InChI is InChI=1S/C27H29N3O4/c1-30-16-20(17-30)29-25(31)23-21-13-14-27(34-21,24(23)26(32)33-2)22(15-18-9-5-3-6-10-18)28-19-11-7-4-8-12-19/h3-14,20-22,28H,15-17H2,1-2H3,(H,29,31). The lowest BCUT2D eigenvalue weighted by molar-refractivity contribution is -0.138. The van der Waals surface area contributed by atoms with Crippen LogP contribution in [0.1, 0.15) is 5.56 Å². The van der Waals surface area contributed by atoms with E-state index in [9.17, 15) is 9.59 Å². The van der Waals surface area contributed by atoms with Crippen LogP contribution in [0, 0.1) is 0 Å². The smallest absolute Gasteiger partial charge is 0.337 e. The SMILES string of the molecule is COC(=O)C1=C(C(=O)NC2CN(C)C2)C2C=CC1(C(Cc1ccccc1)Nc1ccccc1)O2. The van der Waals surface area contributed by atoms with Crippen molar-refractivity contribution >= 4 is 17.6 Å². The van der Waals surface area contributed by atoms with Crippen molar-refractivity contribution in [1.29, 1.82) is 0 Å². The van der Waals surface area contributed by atoms with Gasteiger partial charge in [-0.1, -0.05) is 54.6 Å². The first-order valence-electron chi connectivity index (χ1n) is 11.5. The van der Waals surface area contributed by atoms with Crippen LogP contribution in [-0.2, 0) is 25.5 Å². The predicted molar refractivity (Wildman–Crippen MR) is 129 cm³/mol. The quantitative estimate of drug-likeness (QED) is 0.466. The van der Waals surface area contributed by atoms with Gasteiger partial charge in [-0.3, -0.25) is 4.79 Å². The van der Waals surface area contributed by atoms with Gasteiger partial charge in [-0.25, -0.2) is 4.79 Å². The largest absolute Gasteiger partial charge is 0.466 e. The highest BCUT2D eigenvalue weighted by molar-refractivity contribution is 6.07. The zero-order chi connectivity index (χ0) is 23.7. The molecule has 176 valence electrons. The van der Waals surface area contributed by atoms with E-state index < -0.39 is 17.7 Å². The molecule has 5 rings (SSSR count). The summed E-state index contributed by atoms with van der Waals surface area (Å²) in [7, 11) is 3.34. The number of nitrogens with one attached hydrogen (secondary N) is 2. The van der Waals surface area contributed by atoms with Crippen LogP contribution < -0.4 is 10.6 Å². The van der Waals surface area contributed by atoms with E-state index >= 15 is 0 Å². The number of carbonyl (C=O) groups is 2. The molecule has 0 aliphatic carbocycles. The number of fused-ring (bicyclic) bond motifs is 2. The topological polar surface area (TPSA) is 79.9 Å². The maximum Gasteiger partial charge on any atom is 0.337 e. The molecule has 7 nitrogen and oxygen atoms in total. The molecule has 3 aliphatic rings. The van der Waals surface area contributed by atoms with Crippen LogP contribution >= 0.6 is 0 Å². The Bertz CT molecular complexity index is 1080. The fourth-order valence-corrected chi connectivity index (χ4v) is 5.10. The number of carbonyl (C=O) groups excluding carboxylic acids is 2. The van der Waals surface area contributed by atoms with E-state index in [1.807, 2.05) is 79.9 Å². The third-order valence-corrected chi connectivity index (χ3v) is 6.73. The van der Waals surface area contributed by atoms with Crippen LogP contribution in [0.2, 0.25) is 0 Å². The van der Waals surface area contributed by atoms with Gasteiger partial charge in [-0.05, 0) is 37.2 Å². The Morgan fingerprint density at radius 3 is 2.44 bits per heavy atom. The maximum atomic E-state index is 13.3. The third kappa shape index (κ3) is 4.02. The van der Waals surface area contributed by atoms with Gasteiger partial charge in [0.15, 0.2) is 0 Å². The summed E-state index contributed by atoms with van der Waals surface area (Å²) >= 11 is 0. The molecule has 0 spiro atoms. The lowest BCUT2D eigenvalue weighted by atomic mass is 9.78. The lowest BCUT2D eigenvalue weighted by Gasteiger charge is -2.37. The second-order valence-electron chi connectivity index (χ2n) is 9.12. The first kappa shape index (κ1) is 22.4. The molecule has 3 atom stereocenters. The van der Waals surface area contributed by atoms with Crippen LogP contribution in [-0.4, -0.2) is 67.8 Å². The molecule has 2 aromatic carbocycles. The number of hydrogen-bond acceptors (Lipinski definition) is 6. The zero-order valence-electron chi connectivity index (χ0n) is 19.4. The van der Waals surface area contributed by atoms with E-state index in [1.165, 1.54) is 7.11 Å². The molecule has 34 heavy (non-hydrogen) atoms. The van der Waals surface area contributed by atoms with Crippen molar-refractivity contribution in [3.63, 3.8) is 0 Å². The van der Waals surface area contributed by atoms with Gasteiger partial charge in [0.25, 0.3) is 5.91 Å². The average Bonchev–Trinajstić information content (AvgIpc) is 3.42. The number of methoxy groups -OCH3 is 1.